The topological polar surface area (TPSA) is 78.4 Å². The molecule has 0 amide bonds. The molecule has 5 rings (SSSR count). The molecule has 3 aromatic carbocycles. The van der Waals surface area contributed by atoms with Gasteiger partial charge in [0.25, 0.3) is 0 Å². The van der Waals surface area contributed by atoms with Gasteiger partial charge in [-0.2, -0.15) is 4.31 Å². The molecule has 0 saturated carbocycles. The highest BCUT2D eigenvalue weighted by Gasteiger charge is 2.31. The van der Waals surface area contributed by atoms with Crippen LogP contribution >= 0.6 is 11.6 Å². The highest BCUT2D eigenvalue weighted by molar-refractivity contribution is 7.89. The number of anilines is 2. The van der Waals surface area contributed by atoms with Crippen molar-refractivity contribution in [3.63, 3.8) is 0 Å². The van der Waals surface area contributed by atoms with Gasteiger partial charge in [-0.15, -0.1) is 0 Å². The second kappa shape index (κ2) is 11.0. The monoisotopic (exact) mass is 549 g/mol. The minimum atomic E-state index is -3.56. The molecule has 1 aromatic heterocycles. The Balaban J connectivity index is 1.35. The molecule has 0 radical (unpaired) electrons. The summed E-state index contributed by atoms with van der Waals surface area (Å²) in [5, 5.41) is 4.96. The third kappa shape index (κ3) is 5.54. The van der Waals surface area contributed by atoms with Crippen LogP contribution in [0, 0.1) is 0 Å². The van der Waals surface area contributed by atoms with Gasteiger partial charge in [0, 0.05) is 42.3 Å². The maximum atomic E-state index is 13.1. The molecule has 9 heteroatoms. The molecule has 4 aromatic rings. The van der Waals surface area contributed by atoms with Crippen molar-refractivity contribution in [3.05, 3.63) is 89.2 Å². The van der Waals surface area contributed by atoms with Crippen molar-refractivity contribution < 1.29 is 8.42 Å². The smallest absolute Gasteiger partial charge is 0.243 e. The second-order valence-corrected chi connectivity index (χ2v) is 12.3. The Labute approximate surface area is 229 Å². The van der Waals surface area contributed by atoms with E-state index in [1.165, 1.54) is 9.87 Å². The minimum absolute atomic E-state index is 0.0798. The molecular weight excluding hydrogens is 518 g/mol. The van der Waals surface area contributed by atoms with Gasteiger partial charge in [0.15, 0.2) is 0 Å². The minimum Gasteiger partial charge on any atom is -0.340 e. The summed E-state index contributed by atoms with van der Waals surface area (Å²) >= 11 is 5.94. The van der Waals surface area contributed by atoms with Gasteiger partial charge >= 0.3 is 0 Å². The number of benzene rings is 3. The van der Waals surface area contributed by atoms with Gasteiger partial charge in [-0.25, -0.2) is 18.4 Å². The zero-order valence-corrected chi connectivity index (χ0v) is 23.4. The number of para-hydroxylation sites is 1. The summed E-state index contributed by atoms with van der Waals surface area (Å²) in [6.45, 7) is 8.41. The Morgan fingerprint density at radius 2 is 1.50 bits per heavy atom. The van der Waals surface area contributed by atoms with Crippen molar-refractivity contribution in [1.82, 2.24) is 19.2 Å². The fourth-order valence-electron chi connectivity index (χ4n) is 4.71. The summed E-state index contributed by atoms with van der Waals surface area (Å²) in [4.78, 5) is 12.3. The second-order valence-electron chi connectivity index (χ2n) is 9.92. The van der Waals surface area contributed by atoms with Crippen LogP contribution in [-0.2, 0) is 10.0 Å². The van der Waals surface area contributed by atoms with Crippen LogP contribution in [0.5, 0.6) is 0 Å². The van der Waals surface area contributed by atoms with Crippen LogP contribution in [-0.4, -0.2) is 53.8 Å². The average Bonchev–Trinajstić information content (AvgIpc) is 2.93. The van der Waals surface area contributed by atoms with Gasteiger partial charge in [0.2, 0.25) is 10.0 Å². The molecule has 1 atom stereocenters. The lowest BCUT2D eigenvalue weighted by molar-refractivity contribution is 0.141. The van der Waals surface area contributed by atoms with Crippen molar-refractivity contribution in [2.24, 2.45) is 0 Å². The largest absolute Gasteiger partial charge is 0.340 e. The summed E-state index contributed by atoms with van der Waals surface area (Å²) in [5.41, 5.74) is 3.13. The van der Waals surface area contributed by atoms with Crippen LogP contribution < -0.4 is 5.32 Å². The third-order valence-corrected chi connectivity index (χ3v) is 9.27. The van der Waals surface area contributed by atoms with Crippen LogP contribution in [0.15, 0.2) is 77.7 Å². The maximum Gasteiger partial charge on any atom is 0.243 e. The molecule has 2 heterocycles. The maximum absolute atomic E-state index is 13.1. The van der Waals surface area contributed by atoms with Crippen molar-refractivity contribution in [2.45, 2.75) is 37.6 Å². The van der Waals surface area contributed by atoms with Gasteiger partial charge in [-0.1, -0.05) is 49.7 Å². The number of rotatable bonds is 7. The first kappa shape index (κ1) is 26.6. The van der Waals surface area contributed by atoms with E-state index in [1.54, 1.807) is 24.3 Å². The van der Waals surface area contributed by atoms with Crippen molar-refractivity contribution in [3.8, 4) is 0 Å². The molecule has 198 valence electrons. The lowest BCUT2D eigenvalue weighted by Crippen LogP contribution is -2.49. The van der Waals surface area contributed by atoms with E-state index in [1.807, 2.05) is 24.3 Å². The molecular formula is C29H32ClN5O2S. The summed E-state index contributed by atoms with van der Waals surface area (Å²) < 4.78 is 27.7. The van der Waals surface area contributed by atoms with Gasteiger partial charge in [0.05, 0.1) is 16.5 Å². The van der Waals surface area contributed by atoms with Crippen LogP contribution in [0.3, 0.4) is 0 Å². The lowest BCUT2D eigenvalue weighted by atomic mass is 10.0. The van der Waals surface area contributed by atoms with Gasteiger partial charge in [0.1, 0.15) is 11.6 Å². The number of nitrogens with zero attached hydrogens (tertiary/aromatic N) is 4. The van der Waals surface area contributed by atoms with Crippen LogP contribution in [0.4, 0.5) is 11.5 Å². The van der Waals surface area contributed by atoms with E-state index < -0.39 is 10.0 Å². The number of fused-ring (bicyclic) bond motifs is 1. The van der Waals surface area contributed by atoms with Crippen molar-refractivity contribution >= 4 is 44.0 Å². The number of piperazine rings is 1. The molecule has 0 aliphatic carbocycles. The number of sulfonamides is 1. The Morgan fingerprint density at radius 1 is 0.842 bits per heavy atom. The quantitative estimate of drug-likeness (QED) is 0.295. The van der Waals surface area contributed by atoms with Crippen LogP contribution in [0.25, 0.3) is 10.9 Å². The summed E-state index contributed by atoms with van der Waals surface area (Å²) in [7, 11) is -3.56. The van der Waals surface area contributed by atoms with E-state index in [-0.39, 0.29) is 10.9 Å². The van der Waals surface area contributed by atoms with Gasteiger partial charge < -0.3 is 5.32 Å². The number of hydrogen-bond acceptors (Lipinski definition) is 6. The SMILES string of the molecule is CC(C)c1ccc(Nc2nc([C@@H](C)N3CCN(S(=O)(=O)c4ccc(Cl)cc4)CC3)nc3ccccc23)cc1. The van der Waals surface area contributed by atoms with E-state index in [9.17, 15) is 8.42 Å². The van der Waals surface area contributed by atoms with E-state index in [4.69, 9.17) is 21.6 Å². The first-order chi connectivity index (χ1) is 18.2. The fourth-order valence-corrected chi connectivity index (χ4v) is 6.26. The van der Waals surface area contributed by atoms with Crippen molar-refractivity contribution in [2.75, 3.05) is 31.5 Å². The Hall–Kier alpha value is -3.04. The van der Waals surface area contributed by atoms with E-state index in [0.29, 0.717) is 42.9 Å². The molecule has 1 aliphatic heterocycles. The predicted octanol–water partition coefficient (Wildman–Crippen LogP) is 6.22. The lowest BCUT2D eigenvalue weighted by Gasteiger charge is -2.36. The molecule has 1 fully saturated rings. The molecule has 1 saturated heterocycles. The van der Waals surface area contributed by atoms with E-state index >= 15 is 0 Å². The highest BCUT2D eigenvalue weighted by Crippen LogP contribution is 2.29. The van der Waals surface area contributed by atoms with E-state index in [0.717, 1.165) is 22.4 Å². The Bertz CT molecular complexity index is 1520. The third-order valence-electron chi connectivity index (χ3n) is 7.11. The first-order valence-electron chi connectivity index (χ1n) is 12.9. The molecule has 1 aliphatic rings. The molecule has 7 nitrogen and oxygen atoms in total. The zero-order chi connectivity index (χ0) is 26.9. The number of aromatic nitrogens is 2. The molecule has 0 spiro atoms. The van der Waals surface area contributed by atoms with Gasteiger partial charge in [-0.3, -0.25) is 4.90 Å². The Morgan fingerprint density at radius 3 is 2.16 bits per heavy atom. The molecule has 0 bridgehead atoms. The number of hydrogen-bond donors (Lipinski definition) is 1. The molecule has 0 unspecified atom stereocenters. The van der Waals surface area contributed by atoms with Gasteiger partial charge in [-0.05, 0) is 66.9 Å². The number of nitrogens with one attached hydrogen (secondary N) is 1. The summed E-state index contributed by atoms with van der Waals surface area (Å²) in [5.74, 6) is 1.94. The highest BCUT2D eigenvalue weighted by atomic mass is 35.5. The first-order valence-corrected chi connectivity index (χ1v) is 14.7. The Kier molecular flexibility index (Phi) is 7.68. The van der Waals surface area contributed by atoms with Crippen LogP contribution in [0.2, 0.25) is 5.02 Å². The average molecular weight is 550 g/mol. The summed E-state index contributed by atoms with van der Waals surface area (Å²) in [6, 6.07) is 22.7. The summed E-state index contributed by atoms with van der Waals surface area (Å²) in [6.07, 6.45) is 0. The standard InChI is InChI=1S/C29H32ClN5O2S/c1-20(2)22-8-12-24(13-9-22)31-29-26-6-4-5-7-27(26)32-28(33-29)21(3)34-16-18-35(19-17-34)38(36,37)25-14-10-23(30)11-15-25/h4-15,20-21H,16-19H2,1-3H3,(H,31,32,33)/t21-/m1/s1. The molecule has 38 heavy (non-hydrogen) atoms. The van der Waals surface area contributed by atoms with E-state index in [2.05, 4.69) is 55.3 Å². The number of halogens is 1. The molecule has 1 N–H and O–H groups in total. The fraction of sp³-hybridized carbons (Fsp3) is 0.310. The van der Waals surface area contributed by atoms with Crippen LogP contribution in [0.1, 0.15) is 44.1 Å². The zero-order valence-electron chi connectivity index (χ0n) is 21.8. The van der Waals surface area contributed by atoms with Crippen molar-refractivity contribution in [1.29, 1.82) is 0 Å². The normalized spacial score (nSPS) is 16.1. The predicted molar refractivity (Wildman–Crippen MR) is 154 cm³/mol.